The summed E-state index contributed by atoms with van der Waals surface area (Å²) in [6.45, 7) is 1.76. The summed E-state index contributed by atoms with van der Waals surface area (Å²) >= 11 is 0. The Labute approximate surface area is 102 Å². The van der Waals surface area contributed by atoms with E-state index in [4.69, 9.17) is 5.73 Å². The van der Waals surface area contributed by atoms with Gasteiger partial charge in [0.05, 0.1) is 5.69 Å². The Hall–Kier alpha value is -1.07. The molecule has 0 unspecified atom stereocenters. The summed E-state index contributed by atoms with van der Waals surface area (Å²) in [5.41, 5.74) is 6.77. The van der Waals surface area contributed by atoms with E-state index in [1.807, 2.05) is 0 Å². The van der Waals surface area contributed by atoms with Crippen LogP contribution in [0.4, 0.5) is 5.69 Å². The van der Waals surface area contributed by atoms with Gasteiger partial charge in [-0.25, -0.2) is 13.1 Å². The zero-order chi connectivity index (χ0) is 12.5. The highest BCUT2D eigenvalue weighted by Crippen LogP contribution is 2.25. The van der Waals surface area contributed by atoms with Gasteiger partial charge in [-0.15, -0.1) is 0 Å². The van der Waals surface area contributed by atoms with Crippen LogP contribution in [0.2, 0.25) is 0 Å². The van der Waals surface area contributed by atoms with Crippen LogP contribution in [0.1, 0.15) is 31.2 Å². The number of hydrogen-bond acceptors (Lipinski definition) is 3. The van der Waals surface area contributed by atoms with Crippen LogP contribution < -0.4 is 10.5 Å². The predicted octanol–water partition coefficient (Wildman–Crippen LogP) is 1.80. The van der Waals surface area contributed by atoms with Gasteiger partial charge in [0, 0.05) is 6.04 Å². The number of nitrogen functional groups attached to an aromatic ring is 1. The fourth-order valence-electron chi connectivity index (χ4n) is 2.36. The molecule has 0 aromatic heterocycles. The molecule has 3 N–H and O–H groups in total. The number of anilines is 1. The normalized spacial score (nSPS) is 17.5. The molecule has 94 valence electrons. The molecule has 17 heavy (non-hydrogen) atoms. The first kappa shape index (κ1) is 12.4. The molecule has 1 aromatic carbocycles. The molecular formula is C12H18N2O2S. The molecule has 4 nitrogen and oxygen atoms in total. The van der Waals surface area contributed by atoms with Crippen LogP contribution in [-0.4, -0.2) is 14.5 Å². The van der Waals surface area contributed by atoms with E-state index in [0.29, 0.717) is 11.3 Å². The summed E-state index contributed by atoms with van der Waals surface area (Å²) in [7, 11) is -3.48. The van der Waals surface area contributed by atoms with E-state index >= 15 is 0 Å². The van der Waals surface area contributed by atoms with Gasteiger partial charge in [0.25, 0.3) is 0 Å². The maximum Gasteiger partial charge on any atom is 0.243 e. The third kappa shape index (κ3) is 2.61. The third-order valence-corrected chi connectivity index (χ3v) is 4.93. The van der Waals surface area contributed by atoms with Gasteiger partial charge < -0.3 is 5.73 Å². The highest BCUT2D eigenvalue weighted by molar-refractivity contribution is 7.89. The molecule has 0 radical (unpaired) electrons. The minimum absolute atomic E-state index is 0.0685. The average molecular weight is 254 g/mol. The molecule has 0 spiro atoms. The minimum atomic E-state index is -3.48. The topological polar surface area (TPSA) is 72.2 Å². The van der Waals surface area contributed by atoms with Crippen molar-refractivity contribution in [2.75, 3.05) is 5.73 Å². The van der Waals surface area contributed by atoms with Crippen LogP contribution in [0, 0.1) is 6.92 Å². The number of hydrogen-bond donors (Lipinski definition) is 2. The second kappa shape index (κ2) is 4.66. The Morgan fingerprint density at radius 2 is 1.94 bits per heavy atom. The van der Waals surface area contributed by atoms with Crippen LogP contribution in [-0.2, 0) is 10.0 Å². The summed E-state index contributed by atoms with van der Waals surface area (Å²) in [6.07, 6.45) is 4.03. The van der Waals surface area contributed by atoms with Crippen molar-refractivity contribution >= 4 is 15.7 Å². The Kier molecular flexibility index (Phi) is 3.40. The second-order valence-electron chi connectivity index (χ2n) is 4.60. The highest BCUT2D eigenvalue weighted by atomic mass is 32.2. The number of benzene rings is 1. The molecule has 2 rings (SSSR count). The molecule has 0 atom stereocenters. The molecule has 0 saturated heterocycles. The molecular weight excluding hydrogens is 236 g/mol. The van der Waals surface area contributed by atoms with E-state index < -0.39 is 10.0 Å². The van der Waals surface area contributed by atoms with Crippen molar-refractivity contribution in [3.05, 3.63) is 23.8 Å². The zero-order valence-corrected chi connectivity index (χ0v) is 10.8. The number of sulfonamides is 1. The largest absolute Gasteiger partial charge is 0.398 e. The van der Waals surface area contributed by atoms with E-state index in [-0.39, 0.29) is 10.9 Å². The molecule has 0 aliphatic heterocycles. The maximum absolute atomic E-state index is 12.2. The Bertz CT molecular complexity index is 485. The van der Waals surface area contributed by atoms with Crippen molar-refractivity contribution in [1.82, 2.24) is 4.72 Å². The average Bonchev–Trinajstić information content (AvgIpc) is 2.68. The fraction of sp³-hybridized carbons (Fsp3) is 0.500. The van der Waals surface area contributed by atoms with Crippen LogP contribution in [0.25, 0.3) is 0 Å². The lowest BCUT2D eigenvalue weighted by Gasteiger charge is -2.15. The van der Waals surface area contributed by atoms with Crippen molar-refractivity contribution in [3.63, 3.8) is 0 Å². The van der Waals surface area contributed by atoms with Crippen molar-refractivity contribution in [2.45, 2.75) is 43.5 Å². The lowest BCUT2D eigenvalue weighted by atomic mass is 10.2. The van der Waals surface area contributed by atoms with Gasteiger partial charge in [0.1, 0.15) is 4.90 Å². The predicted molar refractivity (Wildman–Crippen MR) is 68.2 cm³/mol. The smallest absolute Gasteiger partial charge is 0.243 e. The first-order valence-electron chi connectivity index (χ1n) is 5.88. The van der Waals surface area contributed by atoms with Gasteiger partial charge in [0.15, 0.2) is 0 Å². The standard InChI is InChI=1S/C12H18N2O2S/c1-9-5-4-8-11(13)12(9)17(15,16)14-10-6-2-3-7-10/h4-5,8,10,14H,2-3,6-7,13H2,1H3. The van der Waals surface area contributed by atoms with E-state index in [1.54, 1.807) is 25.1 Å². The second-order valence-corrected chi connectivity index (χ2v) is 6.25. The number of aryl methyl sites for hydroxylation is 1. The number of nitrogens with two attached hydrogens (primary N) is 1. The summed E-state index contributed by atoms with van der Waals surface area (Å²) in [5.74, 6) is 0. The van der Waals surface area contributed by atoms with Crippen molar-refractivity contribution in [1.29, 1.82) is 0 Å². The number of rotatable bonds is 3. The van der Waals surface area contributed by atoms with Gasteiger partial charge in [-0.05, 0) is 31.4 Å². The molecule has 0 amide bonds. The van der Waals surface area contributed by atoms with Crippen LogP contribution >= 0.6 is 0 Å². The van der Waals surface area contributed by atoms with E-state index in [0.717, 1.165) is 25.7 Å². The lowest BCUT2D eigenvalue weighted by molar-refractivity contribution is 0.552. The van der Waals surface area contributed by atoms with E-state index in [1.165, 1.54) is 0 Å². The quantitative estimate of drug-likeness (QED) is 0.808. The summed E-state index contributed by atoms with van der Waals surface area (Å²) < 4.78 is 27.2. The molecule has 5 heteroatoms. The Balaban J connectivity index is 2.31. The Morgan fingerprint density at radius 3 is 2.53 bits per heavy atom. The molecule has 1 aromatic rings. The number of nitrogens with one attached hydrogen (secondary N) is 1. The van der Waals surface area contributed by atoms with Crippen molar-refractivity contribution in [3.8, 4) is 0 Å². The zero-order valence-electron chi connectivity index (χ0n) is 9.94. The molecule has 1 aliphatic rings. The van der Waals surface area contributed by atoms with Crippen molar-refractivity contribution in [2.24, 2.45) is 0 Å². The van der Waals surface area contributed by atoms with Gasteiger partial charge in [-0.2, -0.15) is 0 Å². The van der Waals surface area contributed by atoms with Crippen LogP contribution in [0.15, 0.2) is 23.1 Å². The van der Waals surface area contributed by atoms with Crippen molar-refractivity contribution < 1.29 is 8.42 Å². The van der Waals surface area contributed by atoms with Gasteiger partial charge in [-0.1, -0.05) is 25.0 Å². The summed E-state index contributed by atoms with van der Waals surface area (Å²) in [5, 5.41) is 0. The Morgan fingerprint density at radius 1 is 1.29 bits per heavy atom. The molecule has 0 bridgehead atoms. The van der Waals surface area contributed by atoms with Crippen LogP contribution in [0.5, 0.6) is 0 Å². The molecule has 1 fully saturated rings. The van der Waals surface area contributed by atoms with E-state index in [9.17, 15) is 8.42 Å². The van der Waals surface area contributed by atoms with Gasteiger partial charge >= 0.3 is 0 Å². The molecule has 1 saturated carbocycles. The highest BCUT2D eigenvalue weighted by Gasteiger charge is 2.25. The SMILES string of the molecule is Cc1cccc(N)c1S(=O)(=O)NC1CCCC1. The lowest BCUT2D eigenvalue weighted by Crippen LogP contribution is -2.33. The fourth-order valence-corrected chi connectivity index (χ4v) is 4.03. The first-order valence-corrected chi connectivity index (χ1v) is 7.36. The van der Waals surface area contributed by atoms with E-state index in [2.05, 4.69) is 4.72 Å². The maximum atomic E-state index is 12.2. The monoisotopic (exact) mass is 254 g/mol. The third-order valence-electron chi connectivity index (χ3n) is 3.19. The van der Waals surface area contributed by atoms with Crippen LogP contribution in [0.3, 0.4) is 0 Å². The molecule has 0 heterocycles. The molecule has 1 aliphatic carbocycles. The first-order chi connectivity index (χ1) is 8.00. The summed E-state index contributed by atoms with van der Waals surface area (Å²) in [4.78, 5) is 0.229. The van der Waals surface area contributed by atoms with Gasteiger partial charge in [0.2, 0.25) is 10.0 Å². The van der Waals surface area contributed by atoms with Gasteiger partial charge in [-0.3, -0.25) is 0 Å². The minimum Gasteiger partial charge on any atom is -0.398 e. The summed E-state index contributed by atoms with van der Waals surface area (Å²) in [6, 6.07) is 5.22.